The van der Waals surface area contributed by atoms with Crippen molar-refractivity contribution < 1.29 is 41.8 Å². The lowest BCUT2D eigenvalue weighted by Gasteiger charge is -2.63. The molecule has 5 fully saturated rings. The number of aromatic nitrogens is 2. The maximum absolute atomic E-state index is 14.8. The molecule has 18 nitrogen and oxygen atoms in total. The van der Waals surface area contributed by atoms with E-state index in [4.69, 9.17) is 14.2 Å². The molecule has 1 spiro atoms. The van der Waals surface area contributed by atoms with Crippen LogP contribution >= 0.6 is 0 Å². The van der Waals surface area contributed by atoms with Gasteiger partial charge < -0.3 is 39.4 Å². The minimum Gasteiger partial charge on any atom is -0.495 e. The van der Waals surface area contributed by atoms with Crippen molar-refractivity contribution >= 4 is 49.7 Å². The molecule has 11 rings (SSSR count). The molecule has 5 aliphatic rings. The lowest BCUT2D eigenvalue weighted by atomic mass is 9.59. The number of sulfonamides is 1. The van der Waals surface area contributed by atoms with E-state index < -0.39 is 42.9 Å². The highest BCUT2D eigenvalue weighted by molar-refractivity contribution is 7.90. The van der Waals surface area contributed by atoms with Crippen molar-refractivity contribution in [2.75, 3.05) is 87.8 Å². The minimum absolute atomic E-state index is 0.0144. The van der Waals surface area contributed by atoms with Gasteiger partial charge in [-0.1, -0.05) is 44.2 Å². The molecule has 20 heteroatoms. The Labute approximate surface area is 460 Å². The molecule has 4 N–H and O–H groups in total. The summed E-state index contributed by atoms with van der Waals surface area (Å²) >= 11 is 0. The van der Waals surface area contributed by atoms with Gasteiger partial charge in [-0.2, -0.15) is 0 Å². The summed E-state index contributed by atoms with van der Waals surface area (Å²) in [4.78, 5) is 42.2. The van der Waals surface area contributed by atoms with Crippen LogP contribution in [0.4, 0.5) is 27.1 Å². The number of hydrogen-bond donors (Lipinski definition) is 4. The van der Waals surface area contributed by atoms with Gasteiger partial charge in [-0.05, 0) is 116 Å². The molecule has 6 aromatic rings. The monoisotopic (exact) mass is 1100 g/mol. The molecule has 2 aliphatic carbocycles. The molecule has 1 amide bonds. The highest BCUT2D eigenvalue weighted by atomic mass is 32.2. The molecule has 5 heterocycles. The summed E-state index contributed by atoms with van der Waals surface area (Å²) in [7, 11) is -2.91. The van der Waals surface area contributed by atoms with E-state index >= 15 is 0 Å². The molecular weight excluding hydrogens is 1030 g/mol. The van der Waals surface area contributed by atoms with Crippen LogP contribution in [-0.4, -0.2) is 128 Å². The molecule has 3 aliphatic heterocycles. The summed E-state index contributed by atoms with van der Waals surface area (Å²) in [6, 6.07) is 26.0. The number of rotatable bonds is 17. The van der Waals surface area contributed by atoms with Gasteiger partial charge in [0.05, 0.1) is 58.6 Å². The summed E-state index contributed by atoms with van der Waals surface area (Å²) in [5, 5.41) is 25.9. The number of H-pyrrole nitrogens is 1. The fourth-order valence-corrected chi connectivity index (χ4v) is 13.6. The van der Waals surface area contributed by atoms with Gasteiger partial charge in [0.1, 0.15) is 34.4 Å². The number of morpholine rings is 1. The summed E-state index contributed by atoms with van der Waals surface area (Å²) in [6.45, 7) is 15.0. The first-order valence-electron chi connectivity index (χ1n) is 27.5. The zero-order valence-corrected chi connectivity index (χ0v) is 46.1. The van der Waals surface area contributed by atoms with Crippen molar-refractivity contribution in [2.45, 2.75) is 94.3 Å². The van der Waals surface area contributed by atoms with Crippen molar-refractivity contribution in [2.24, 2.45) is 11.3 Å². The Hall–Kier alpha value is -6.84. The number of halogens is 1. The maximum Gasteiger partial charge on any atom is 0.293 e. The van der Waals surface area contributed by atoms with Crippen LogP contribution in [0.3, 0.4) is 0 Å². The number of hydrogen-bond acceptors (Lipinski definition) is 15. The first-order valence-corrected chi connectivity index (χ1v) is 29.0. The zero-order valence-electron chi connectivity index (χ0n) is 45.3. The number of piperazine rings is 1. The molecule has 0 bridgehead atoms. The van der Waals surface area contributed by atoms with E-state index in [1.807, 2.05) is 0 Å². The number of anilines is 3. The Bertz CT molecular complexity index is 3340. The predicted octanol–water partition coefficient (Wildman–Crippen LogP) is 9.37. The van der Waals surface area contributed by atoms with Crippen molar-refractivity contribution in [3.05, 3.63) is 136 Å². The highest BCUT2D eigenvalue weighted by Gasteiger charge is 2.55. The molecule has 2 saturated carbocycles. The number of benzene rings is 4. The third kappa shape index (κ3) is 11.5. The van der Waals surface area contributed by atoms with E-state index in [0.29, 0.717) is 50.2 Å². The Balaban J connectivity index is 0.787. The number of carbonyl (C=O) groups is 1. The largest absolute Gasteiger partial charge is 0.495 e. The molecular formula is C59H70FN9O9S. The fraction of sp³-hybridized carbons (Fsp3) is 0.458. The summed E-state index contributed by atoms with van der Waals surface area (Å²) in [5.41, 5.74) is 5.04. The van der Waals surface area contributed by atoms with Crippen LogP contribution in [0.2, 0.25) is 0 Å². The van der Waals surface area contributed by atoms with Gasteiger partial charge in [0.25, 0.3) is 21.6 Å². The van der Waals surface area contributed by atoms with Gasteiger partial charge in [0, 0.05) is 100 Å². The van der Waals surface area contributed by atoms with Gasteiger partial charge in [0.2, 0.25) is 0 Å². The van der Waals surface area contributed by atoms with Crippen molar-refractivity contribution in [1.82, 2.24) is 24.5 Å². The number of fused-ring (bicyclic) bond motifs is 1. The van der Waals surface area contributed by atoms with Gasteiger partial charge in [0.15, 0.2) is 0 Å². The third-order valence-corrected chi connectivity index (χ3v) is 18.4. The van der Waals surface area contributed by atoms with Gasteiger partial charge >= 0.3 is 0 Å². The van der Waals surface area contributed by atoms with Crippen molar-refractivity contribution in [1.29, 1.82) is 0 Å². The summed E-state index contributed by atoms with van der Waals surface area (Å²) in [6.07, 6.45) is 7.34. The number of amides is 1. The molecule has 0 radical (unpaired) electrons. The normalized spacial score (nSPS) is 21.9. The van der Waals surface area contributed by atoms with E-state index in [9.17, 15) is 32.8 Å². The summed E-state index contributed by atoms with van der Waals surface area (Å²) < 4.78 is 62.4. The van der Waals surface area contributed by atoms with Crippen LogP contribution < -0.4 is 29.3 Å². The van der Waals surface area contributed by atoms with Crippen LogP contribution in [0.5, 0.6) is 17.2 Å². The number of nitrogens with zero attached hydrogens (tertiary/aromatic N) is 6. The summed E-state index contributed by atoms with van der Waals surface area (Å²) in [5.74, 6) is -0.00778. The number of methoxy groups -OCH3 is 1. The average Bonchev–Trinajstić information content (AvgIpc) is 3.88. The van der Waals surface area contributed by atoms with E-state index in [1.54, 1.807) is 26.2 Å². The molecule has 2 aromatic heterocycles. The number of nitro benzene ring substituents is 1. The van der Waals surface area contributed by atoms with E-state index in [1.165, 1.54) is 53.3 Å². The quantitative estimate of drug-likeness (QED) is 0.0496. The second-order valence-electron chi connectivity index (χ2n) is 23.0. The number of carbonyl (C=O) groups excluding carboxylic acids is 1. The lowest BCUT2D eigenvalue weighted by Crippen LogP contribution is -2.68. The second-order valence-corrected chi connectivity index (χ2v) is 24.7. The van der Waals surface area contributed by atoms with E-state index in [2.05, 4.69) is 95.9 Å². The lowest BCUT2D eigenvalue weighted by molar-refractivity contribution is -0.384. The third-order valence-electron chi connectivity index (χ3n) is 17.1. The van der Waals surface area contributed by atoms with Crippen LogP contribution in [0, 0.1) is 27.3 Å². The number of aromatic amines is 1. The zero-order chi connectivity index (χ0) is 55.2. The first-order chi connectivity index (χ1) is 37.9. The van der Waals surface area contributed by atoms with Crippen LogP contribution in [0.25, 0.3) is 11.0 Å². The number of ether oxygens (including phenoxy) is 3. The molecule has 4 aromatic carbocycles. The van der Waals surface area contributed by atoms with Gasteiger partial charge in [-0.3, -0.25) is 24.7 Å². The van der Waals surface area contributed by atoms with Crippen LogP contribution in [0.1, 0.15) is 98.3 Å². The fourth-order valence-electron chi connectivity index (χ4n) is 12.7. The smallest absolute Gasteiger partial charge is 0.293 e. The molecule has 1 atom stereocenters. The molecule has 79 heavy (non-hydrogen) atoms. The van der Waals surface area contributed by atoms with Crippen molar-refractivity contribution in [3.63, 3.8) is 0 Å². The Morgan fingerprint density at radius 3 is 2.49 bits per heavy atom. The number of nitrogens with one attached hydrogen (secondary N) is 3. The standard InChI is InChI=1S/C59H70FN9O9S/c1-38(2)45-7-5-6-8-46(45)53-35-65(34-40-9-14-51(55(25-40)76-4)66-21-23-77-24-22-66)19-20-68(53)42-29-59(30-42)36-67(37-59)41-10-12-47(54(26-41)78-43-27-48-49(60)33-63-56(48)62-32-43)57(70)64-79(74,75)44-11-13-50(52(28-44)69(72)73)61-31-39-15-17-58(3,71)18-16-39/h5-14,25-28,32-33,38-39,42,53,61,71H,15-24,29-31,34-37H2,1-4H3,(H,62,63)(H,64,70)/t39?,53-,58?/m0/s1. The maximum atomic E-state index is 14.8. The van der Waals surface area contributed by atoms with Crippen LogP contribution in [-0.2, 0) is 21.3 Å². The van der Waals surface area contributed by atoms with Crippen LogP contribution in [0.15, 0.2) is 102 Å². The molecule has 0 unspecified atom stereocenters. The van der Waals surface area contributed by atoms with Gasteiger partial charge in [-0.15, -0.1) is 0 Å². The van der Waals surface area contributed by atoms with E-state index in [-0.39, 0.29) is 45.5 Å². The number of aliphatic hydroxyl groups is 1. The molecule has 3 saturated heterocycles. The predicted molar refractivity (Wildman–Crippen MR) is 300 cm³/mol. The first kappa shape index (κ1) is 54.1. The highest BCUT2D eigenvalue weighted by Crippen LogP contribution is 2.54. The van der Waals surface area contributed by atoms with Crippen molar-refractivity contribution in [3.8, 4) is 17.2 Å². The Kier molecular flexibility index (Phi) is 15.1. The topological polar surface area (TPSA) is 208 Å². The average molecular weight is 1100 g/mol. The molecule has 418 valence electrons. The second kappa shape index (κ2) is 22.0. The Morgan fingerprint density at radius 1 is 0.975 bits per heavy atom. The number of pyridine rings is 1. The number of nitro groups is 1. The minimum atomic E-state index is -4.65. The van der Waals surface area contributed by atoms with Gasteiger partial charge in [-0.25, -0.2) is 22.5 Å². The SMILES string of the molecule is COc1cc(CN2CCN(C3CC4(C3)CN(c3ccc(C(=O)NS(=O)(=O)c5ccc(NCC6CCC(C)(O)CC6)c([N+](=O)[O-])c5)c(Oc5cnc6[nH]cc(F)c6c5)c3)C4)[C@H](c3ccccc3C(C)C)C2)ccc1N1CCOCC1. The van der Waals surface area contributed by atoms with E-state index in [0.717, 1.165) is 101 Å². The Morgan fingerprint density at radius 2 is 1.75 bits per heavy atom.